The summed E-state index contributed by atoms with van der Waals surface area (Å²) in [6, 6.07) is 6.30. The summed E-state index contributed by atoms with van der Waals surface area (Å²) in [5.74, 6) is 0. The van der Waals surface area contributed by atoms with Gasteiger partial charge in [-0.25, -0.2) is 0 Å². The highest BCUT2D eigenvalue weighted by Gasteiger charge is 2.40. The predicted molar refractivity (Wildman–Crippen MR) is 73.2 cm³/mol. The number of hydrogen-bond donors (Lipinski definition) is 2. The summed E-state index contributed by atoms with van der Waals surface area (Å²) in [7, 11) is -4.28. The molecule has 1 rings (SSSR count). The Morgan fingerprint density at radius 3 is 2.29 bits per heavy atom. The van der Waals surface area contributed by atoms with E-state index < -0.39 is 14.2 Å². The van der Waals surface area contributed by atoms with Crippen LogP contribution in [0.5, 0.6) is 0 Å². The third-order valence-electron chi connectivity index (χ3n) is 2.59. The second-order valence-electron chi connectivity index (χ2n) is 3.87. The number of hydrogen-bond acceptors (Lipinski definition) is 3. The zero-order valence-electron chi connectivity index (χ0n) is 9.43. The summed E-state index contributed by atoms with van der Waals surface area (Å²) < 4.78 is 30.8. The van der Waals surface area contributed by atoms with Crippen LogP contribution in [0.15, 0.2) is 24.3 Å². The first-order valence-corrected chi connectivity index (χ1v) is 7.53. The minimum absolute atomic E-state index is 0.257. The van der Waals surface area contributed by atoms with Gasteiger partial charge in [-0.1, -0.05) is 43.5 Å². The van der Waals surface area contributed by atoms with Crippen molar-refractivity contribution in [1.82, 2.24) is 0 Å². The van der Waals surface area contributed by atoms with Crippen LogP contribution in [0.1, 0.15) is 31.7 Å². The summed E-state index contributed by atoms with van der Waals surface area (Å²) in [6.07, 6.45) is 1.74. The van der Waals surface area contributed by atoms with E-state index >= 15 is 0 Å². The van der Waals surface area contributed by atoms with Gasteiger partial charge in [0.2, 0.25) is 0 Å². The highest BCUT2D eigenvalue weighted by Crippen LogP contribution is 2.39. The molecule has 0 bridgehead atoms. The molecule has 1 aromatic carbocycles. The third kappa shape index (κ3) is 3.37. The van der Waals surface area contributed by atoms with Crippen LogP contribution in [-0.2, 0) is 14.2 Å². The van der Waals surface area contributed by atoms with Gasteiger partial charge in [0.15, 0.2) is 4.08 Å². The lowest BCUT2D eigenvalue weighted by atomic mass is 10.1. The highest BCUT2D eigenvalue weighted by molar-refractivity contribution is 8.02. The minimum Gasteiger partial charge on any atom is -0.284 e. The molecule has 1 unspecified atom stereocenters. The van der Waals surface area contributed by atoms with Crippen LogP contribution >= 0.6 is 24.2 Å². The van der Waals surface area contributed by atoms with E-state index in [0.717, 1.165) is 6.42 Å². The van der Waals surface area contributed by atoms with Gasteiger partial charge in [0, 0.05) is 5.02 Å². The topological polar surface area (TPSA) is 54.4 Å². The second kappa shape index (κ2) is 5.61. The predicted octanol–water partition coefficient (Wildman–Crippen LogP) is 3.50. The van der Waals surface area contributed by atoms with Gasteiger partial charge in [0.05, 0.1) is 0 Å². The quantitative estimate of drug-likeness (QED) is 0.645. The fraction of sp³-hybridized carbons (Fsp3) is 0.455. The van der Waals surface area contributed by atoms with E-state index in [0.29, 0.717) is 17.0 Å². The van der Waals surface area contributed by atoms with Gasteiger partial charge in [0.25, 0.3) is 10.1 Å². The molecule has 0 saturated heterocycles. The molecule has 1 atom stereocenters. The summed E-state index contributed by atoms with van der Waals surface area (Å²) in [5, 5.41) is 0.510. The Labute approximate surface area is 112 Å². The molecule has 0 heterocycles. The Balaban J connectivity index is 3.19. The number of unbranched alkanes of at least 4 members (excludes halogenated alkanes) is 1. The highest BCUT2D eigenvalue weighted by atomic mass is 35.5. The van der Waals surface area contributed by atoms with E-state index in [-0.39, 0.29) is 6.42 Å². The Kier molecular flexibility index (Phi) is 4.89. The van der Waals surface area contributed by atoms with Crippen LogP contribution in [-0.4, -0.2) is 13.0 Å². The maximum atomic E-state index is 11.5. The molecule has 0 aliphatic carbocycles. The molecule has 1 N–H and O–H groups in total. The first kappa shape index (κ1) is 14.8. The van der Waals surface area contributed by atoms with Gasteiger partial charge < -0.3 is 0 Å². The summed E-state index contributed by atoms with van der Waals surface area (Å²) in [5.41, 5.74) is 0.432. The Morgan fingerprint density at radius 2 is 1.88 bits per heavy atom. The van der Waals surface area contributed by atoms with Crippen molar-refractivity contribution in [2.24, 2.45) is 0 Å². The Morgan fingerprint density at radius 1 is 1.35 bits per heavy atom. The molecule has 0 aliphatic heterocycles. The van der Waals surface area contributed by atoms with Crippen LogP contribution in [0.3, 0.4) is 0 Å². The van der Waals surface area contributed by atoms with Crippen LogP contribution in [0, 0.1) is 0 Å². The standard InChI is InChI=1S/C11H15ClO3S2/c1-2-3-8-11(16,17(13,14)15)9-4-6-10(12)7-5-9/h4-7,16H,2-3,8H2,1H3,(H,13,14,15). The van der Waals surface area contributed by atoms with Crippen molar-refractivity contribution in [3.8, 4) is 0 Å². The fourth-order valence-corrected chi connectivity index (χ4v) is 2.82. The van der Waals surface area contributed by atoms with Gasteiger partial charge in [-0.2, -0.15) is 8.42 Å². The largest absolute Gasteiger partial charge is 0.284 e. The van der Waals surface area contributed by atoms with Crippen LogP contribution < -0.4 is 0 Å². The van der Waals surface area contributed by atoms with Gasteiger partial charge in [0.1, 0.15) is 0 Å². The molecule has 0 fully saturated rings. The smallest absolute Gasteiger partial charge is 0.284 e. The molecule has 17 heavy (non-hydrogen) atoms. The van der Waals surface area contributed by atoms with Gasteiger partial charge >= 0.3 is 0 Å². The van der Waals surface area contributed by atoms with Crippen molar-refractivity contribution in [3.05, 3.63) is 34.9 Å². The first-order valence-electron chi connectivity index (χ1n) is 5.26. The lowest BCUT2D eigenvalue weighted by molar-refractivity contribution is 0.453. The molecule has 0 spiro atoms. The van der Waals surface area contributed by atoms with E-state index in [1.54, 1.807) is 24.3 Å². The first-order chi connectivity index (χ1) is 7.81. The fourth-order valence-electron chi connectivity index (χ4n) is 1.55. The molecule has 3 nitrogen and oxygen atoms in total. The Bertz CT molecular complexity index is 470. The zero-order chi connectivity index (χ0) is 13.1. The average Bonchev–Trinajstić information content (AvgIpc) is 2.25. The third-order valence-corrected chi connectivity index (χ3v) is 5.31. The summed E-state index contributed by atoms with van der Waals surface area (Å²) in [4.78, 5) is 0. The molecule has 1 aromatic rings. The molecule has 0 saturated carbocycles. The van der Waals surface area contributed by atoms with E-state index in [9.17, 15) is 13.0 Å². The van der Waals surface area contributed by atoms with Gasteiger partial charge in [-0.05, 0) is 24.1 Å². The summed E-state index contributed by atoms with van der Waals surface area (Å²) >= 11 is 9.92. The molecule has 96 valence electrons. The number of benzene rings is 1. The molecule has 0 aliphatic rings. The van der Waals surface area contributed by atoms with Crippen molar-refractivity contribution in [2.75, 3.05) is 0 Å². The van der Waals surface area contributed by atoms with E-state index in [2.05, 4.69) is 12.6 Å². The van der Waals surface area contributed by atoms with Gasteiger partial charge in [-0.3, -0.25) is 4.55 Å². The lowest BCUT2D eigenvalue weighted by Gasteiger charge is -2.25. The minimum atomic E-state index is -4.28. The van der Waals surface area contributed by atoms with Crippen molar-refractivity contribution < 1.29 is 13.0 Å². The van der Waals surface area contributed by atoms with E-state index in [4.69, 9.17) is 11.6 Å². The average molecular weight is 295 g/mol. The molecule has 0 radical (unpaired) electrons. The maximum absolute atomic E-state index is 11.5. The number of halogens is 1. The van der Waals surface area contributed by atoms with Crippen molar-refractivity contribution in [2.45, 2.75) is 30.3 Å². The molecule has 6 heteroatoms. The normalized spacial score (nSPS) is 15.5. The van der Waals surface area contributed by atoms with E-state index in [1.807, 2.05) is 6.92 Å². The van der Waals surface area contributed by atoms with E-state index in [1.165, 1.54) is 0 Å². The van der Waals surface area contributed by atoms with Crippen molar-refractivity contribution in [1.29, 1.82) is 0 Å². The Hall–Kier alpha value is -0.230. The van der Waals surface area contributed by atoms with Crippen LogP contribution in [0.4, 0.5) is 0 Å². The molecule has 0 amide bonds. The van der Waals surface area contributed by atoms with Crippen molar-refractivity contribution >= 4 is 34.3 Å². The zero-order valence-corrected chi connectivity index (χ0v) is 11.9. The lowest BCUT2D eigenvalue weighted by Crippen LogP contribution is -2.29. The molecule has 0 aromatic heterocycles. The molecular formula is C11H15ClO3S2. The SMILES string of the molecule is CCCCC(S)(c1ccc(Cl)cc1)S(=O)(=O)O. The summed E-state index contributed by atoms with van der Waals surface area (Å²) in [6.45, 7) is 1.94. The van der Waals surface area contributed by atoms with Crippen LogP contribution in [0.2, 0.25) is 5.02 Å². The van der Waals surface area contributed by atoms with Crippen LogP contribution in [0.25, 0.3) is 0 Å². The monoisotopic (exact) mass is 294 g/mol. The molecular weight excluding hydrogens is 280 g/mol. The second-order valence-corrected chi connectivity index (χ2v) is 7.02. The van der Waals surface area contributed by atoms with Gasteiger partial charge in [-0.15, -0.1) is 12.6 Å². The number of thiol groups is 1. The van der Waals surface area contributed by atoms with Crippen molar-refractivity contribution in [3.63, 3.8) is 0 Å². The maximum Gasteiger partial charge on any atom is 0.284 e. The number of rotatable bonds is 5.